The van der Waals surface area contributed by atoms with Crippen molar-refractivity contribution in [3.05, 3.63) is 122 Å². The molecule has 6 unspecified atom stereocenters. The molecule has 0 spiro atoms. The number of carboxylic acid groups (broad SMARTS) is 1. The Morgan fingerprint density at radius 1 is 0.465 bits per heavy atom. The van der Waals surface area contributed by atoms with Gasteiger partial charge in [0, 0.05) is 19.3 Å². The fourth-order valence-electron chi connectivity index (χ4n) is 7.03. The first-order valence-electron chi connectivity index (χ1n) is 26.5. The number of hydrogen-bond donors (Lipinski definition) is 3. The molecule has 398 valence electrons. The molecule has 3 N–H and O–H groups in total. The van der Waals surface area contributed by atoms with Gasteiger partial charge in [0.05, 0.1) is 6.61 Å². The van der Waals surface area contributed by atoms with Crippen LogP contribution in [0.25, 0.3) is 0 Å². The van der Waals surface area contributed by atoms with E-state index < -0.39 is 67.3 Å². The zero-order valence-electron chi connectivity index (χ0n) is 43.4. The Balaban J connectivity index is 2.80. The highest BCUT2D eigenvalue weighted by Gasteiger charge is 2.50. The van der Waals surface area contributed by atoms with E-state index in [1.54, 1.807) is 0 Å². The maximum Gasteiger partial charge on any atom is 0.335 e. The van der Waals surface area contributed by atoms with Crippen molar-refractivity contribution in [3.8, 4) is 0 Å². The lowest BCUT2D eigenvalue weighted by atomic mass is 9.98. The van der Waals surface area contributed by atoms with Crippen molar-refractivity contribution in [3.63, 3.8) is 0 Å². The maximum absolute atomic E-state index is 13.1. The molecule has 1 heterocycles. The molecule has 0 amide bonds. The summed E-state index contributed by atoms with van der Waals surface area (Å²) in [6.07, 6.45) is 50.5. The van der Waals surface area contributed by atoms with Crippen LogP contribution in [0.2, 0.25) is 0 Å². The van der Waals surface area contributed by atoms with Gasteiger partial charge < -0.3 is 39.0 Å². The van der Waals surface area contributed by atoms with Crippen LogP contribution in [-0.4, -0.2) is 89.2 Å². The van der Waals surface area contributed by atoms with E-state index in [2.05, 4.69) is 142 Å². The third-order valence-corrected chi connectivity index (χ3v) is 11.0. The number of carboxylic acids is 1. The molecule has 1 fully saturated rings. The van der Waals surface area contributed by atoms with Gasteiger partial charge in [0.15, 0.2) is 24.6 Å². The summed E-state index contributed by atoms with van der Waals surface area (Å²) in [5.74, 6) is -3.28. The van der Waals surface area contributed by atoms with Crippen LogP contribution in [0.3, 0.4) is 0 Å². The van der Waals surface area contributed by atoms with E-state index in [4.69, 9.17) is 23.7 Å². The lowest BCUT2D eigenvalue weighted by molar-refractivity contribution is -0.301. The van der Waals surface area contributed by atoms with Gasteiger partial charge in [-0.2, -0.15) is 0 Å². The molecule has 0 bridgehead atoms. The van der Waals surface area contributed by atoms with Crippen molar-refractivity contribution in [1.29, 1.82) is 0 Å². The molecule has 6 atom stereocenters. The number of aliphatic carboxylic acids is 1. The second kappa shape index (κ2) is 46.2. The summed E-state index contributed by atoms with van der Waals surface area (Å²) < 4.78 is 28.2. The standard InChI is InChI=1S/C59H90O12/c1-4-7-10-13-16-19-22-25-26-29-30-33-36-39-42-45-51(60)67-48-50(69-52(61)46-43-40-37-34-31-27-23-20-17-14-11-8-5-2)49-68-59-57(55(64)54(63)56(71-59)58(65)66)70-53(62)47-44-41-38-35-32-28-24-21-18-15-12-9-6-3/h7-12,16-21,25-28,30-33,50,54-57,59,63-64H,4-6,13-15,22-24,29,34-49H2,1-3H3,(H,65,66)/b10-7-,11-8-,12-9-,19-16-,20-17-,21-18-,26-25-,31-27-,32-28-,33-30-. The molecule has 0 radical (unpaired) electrons. The van der Waals surface area contributed by atoms with E-state index in [1.165, 1.54) is 0 Å². The summed E-state index contributed by atoms with van der Waals surface area (Å²) >= 11 is 0. The van der Waals surface area contributed by atoms with Crippen molar-refractivity contribution in [1.82, 2.24) is 0 Å². The van der Waals surface area contributed by atoms with Crippen LogP contribution < -0.4 is 0 Å². The third-order valence-electron chi connectivity index (χ3n) is 11.0. The number of unbranched alkanes of at least 4 members (excludes halogenated alkanes) is 8. The van der Waals surface area contributed by atoms with Crippen LogP contribution in [0.1, 0.15) is 175 Å². The summed E-state index contributed by atoms with van der Waals surface area (Å²) in [6.45, 7) is 5.53. The van der Waals surface area contributed by atoms with Gasteiger partial charge in [-0.15, -0.1) is 0 Å². The van der Waals surface area contributed by atoms with Crippen molar-refractivity contribution in [2.24, 2.45) is 0 Å². The van der Waals surface area contributed by atoms with E-state index in [0.717, 1.165) is 116 Å². The third kappa shape index (κ3) is 36.7. The Labute approximate surface area is 427 Å². The van der Waals surface area contributed by atoms with E-state index >= 15 is 0 Å². The zero-order valence-corrected chi connectivity index (χ0v) is 43.4. The van der Waals surface area contributed by atoms with E-state index in [-0.39, 0.29) is 25.9 Å². The number of ether oxygens (including phenoxy) is 5. The molecular formula is C59H90O12. The van der Waals surface area contributed by atoms with E-state index in [9.17, 15) is 34.5 Å². The van der Waals surface area contributed by atoms with Gasteiger partial charge in [-0.1, -0.05) is 155 Å². The predicted octanol–water partition coefficient (Wildman–Crippen LogP) is 12.9. The van der Waals surface area contributed by atoms with Crippen LogP contribution in [0.5, 0.6) is 0 Å². The summed E-state index contributed by atoms with van der Waals surface area (Å²) in [5, 5.41) is 31.3. The minimum Gasteiger partial charge on any atom is -0.479 e. The first kappa shape index (κ1) is 64.1. The molecule has 71 heavy (non-hydrogen) atoms. The van der Waals surface area contributed by atoms with Gasteiger partial charge in [0.1, 0.15) is 18.8 Å². The molecular weight excluding hydrogens is 901 g/mol. The number of aliphatic hydroxyl groups excluding tert-OH is 2. The average molecular weight is 991 g/mol. The molecule has 0 aromatic rings. The zero-order chi connectivity index (χ0) is 51.8. The van der Waals surface area contributed by atoms with Crippen LogP contribution in [-0.2, 0) is 42.9 Å². The fraction of sp³-hybridized carbons (Fsp3) is 0.593. The minimum atomic E-state index is -1.93. The molecule has 1 saturated heterocycles. The van der Waals surface area contributed by atoms with E-state index in [1.807, 2.05) is 0 Å². The Morgan fingerprint density at radius 2 is 0.845 bits per heavy atom. The monoisotopic (exact) mass is 991 g/mol. The Kier molecular flexibility index (Phi) is 41.7. The normalized spacial score (nSPS) is 19.5. The topological polar surface area (TPSA) is 175 Å². The van der Waals surface area contributed by atoms with Gasteiger partial charge in [0.25, 0.3) is 0 Å². The highest BCUT2D eigenvalue weighted by atomic mass is 16.7. The number of aliphatic hydroxyl groups is 2. The number of allylic oxidation sites excluding steroid dienone is 20. The molecule has 1 aliphatic rings. The number of carbonyl (C=O) groups is 4. The summed E-state index contributed by atoms with van der Waals surface area (Å²) in [4.78, 5) is 50.9. The molecule has 0 aromatic carbocycles. The molecule has 0 saturated carbocycles. The van der Waals surface area contributed by atoms with Crippen LogP contribution >= 0.6 is 0 Å². The number of rotatable bonds is 42. The van der Waals surface area contributed by atoms with Gasteiger partial charge in [-0.3, -0.25) is 14.4 Å². The Bertz CT molecular complexity index is 1700. The second-order valence-electron chi connectivity index (χ2n) is 17.4. The molecule has 12 heteroatoms. The highest BCUT2D eigenvalue weighted by molar-refractivity contribution is 5.74. The number of carbonyl (C=O) groups excluding carboxylic acids is 3. The second-order valence-corrected chi connectivity index (χ2v) is 17.4. The Morgan fingerprint density at radius 3 is 1.28 bits per heavy atom. The predicted molar refractivity (Wildman–Crippen MR) is 284 cm³/mol. The first-order valence-corrected chi connectivity index (χ1v) is 26.5. The van der Waals surface area contributed by atoms with E-state index in [0.29, 0.717) is 19.3 Å². The SMILES string of the molecule is CC/C=C\C/C=C\C/C=C\C/C=C\CCCCC(=O)OCC(COC1OC(C(=O)O)C(O)C(O)C1OC(=O)CCCCC/C=C\C/C=C\C/C=C\CC)OC(=O)CCCCC/C=C\C/C=C\C/C=C\CC. The Hall–Kier alpha value is -4.88. The van der Waals surface area contributed by atoms with Crippen molar-refractivity contribution >= 4 is 23.9 Å². The van der Waals surface area contributed by atoms with Gasteiger partial charge >= 0.3 is 23.9 Å². The quantitative estimate of drug-likeness (QED) is 0.0229. The number of hydrogen-bond acceptors (Lipinski definition) is 11. The first-order chi connectivity index (χ1) is 34.6. The van der Waals surface area contributed by atoms with Crippen molar-refractivity contribution < 1.29 is 58.2 Å². The molecule has 1 aliphatic heterocycles. The molecule has 0 aliphatic carbocycles. The fourth-order valence-corrected chi connectivity index (χ4v) is 7.03. The smallest absolute Gasteiger partial charge is 0.335 e. The maximum atomic E-state index is 13.1. The van der Waals surface area contributed by atoms with Gasteiger partial charge in [0.2, 0.25) is 0 Å². The van der Waals surface area contributed by atoms with Crippen molar-refractivity contribution in [2.45, 2.75) is 212 Å². The highest BCUT2D eigenvalue weighted by Crippen LogP contribution is 2.26. The molecule has 12 nitrogen and oxygen atoms in total. The molecule has 1 rings (SSSR count). The summed E-state index contributed by atoms with van der Waals surface area (Å²) in [5.41, 5.74) is 0. The largest absolute Gasteiger partial charge is 0.479 e. The number of esters is 3. The molecule has 0 aromatic heterocycles. The summed E-state index contributed by atoms with van der Waals surface area (Å²) in [7, 11) is 0. The van der Waals surface area contributed by atoms with Crippen LogP contribution in [0, 0.1) is 0 Å². The lowest BCUT2D eigenvalue weighted by Crippen LogP contribution is -2.61. The van der Waals surface area contributed by atoms with Crippen LogP contribution in [0.15, 0.2) is 122 Å². The average Bonchev–Trinajstić information content (AvgIpc) is 3.35. The lowest BCUT2D eigenvalue weighted by Gasteiger charge is -2.40. The summed E-state index contributed by atoms with van der Waals surface area (Å²) in [6, 6.07) is 0. The van der Waals surface area contributed by atoms with Crippen molar-refractivity contribution in [2.75, 3.05) is 13.2 Å². The van der Waals surface area contributed by atoms with Crippen LogP contribution in [0.4, 0.5) is 0 Å². The van der Waals surface area contributed by atoms with Gasteiger partial charge in [-0.25, -0.2) is 4.79 Å². The minimum absolute atomic E-state index is 0.0105. The van der Waals surface area contributed by atoms with Gasteiger partial charge in [-0.05, 0) is 122 Å².